The predicted molar refractivity (Wildman–Crippen MR) is 55.0 cm³/mol. The molecule has 1 N–H and O–H groups in total. The van der Waals surface area contributed by atoms with Crippen molar-refractivity contribution in [2.75, 3.05) is 13.2 Å². The lowest BCUT2D eigenvalue weighted by Crippen LogP contribution is -2.46. The van der Waals surface area contributed by atoms with Crippen molar-refractivity contribution < 1.29 is 9.53 Å². The highest BCUT2D eigenvalue weighted by molar-refractivity contribution is 9.10. The van der Waals surface area contributed by atoms with Crippen LogP contribution in [0.15, 0.2) is 0 Å². The van der Waals surface area contributed by atoms with Gasteiger partial charge in [0.05, 0.1) is 17.0 Å². The number of alkyl halides is 1. The van der Waals surface area contributed by atoms with Crippen molar-refractivity contribution >= 4 is 21.8 Å². The summed E-state index contributed by atoms with van der Waals surface area (Å²) in [6.45, 7) is 5.15. The molecule has 1 heterocycles. The summed E-state index contributed by atoms with van der Waals surface area (Å²) >= 11 is 3.32. The van der Waals surface area contributed by atoms with Gasteiger partial charge in [0.25, 0.3) is 0 Å². The third-order valence-corrected chi connectivity index (χ3v) is 2.40. The molecule has 0 spiro atoms. The topological polar surface area (TPSA) is 38.3 Å². The first-order valence-electron chi connectivity index (χ1n) is 4.58. The number of ether oxygens (including phenoxy) is 1. The highest BCUT2D eigenvalue weighted by Gasteiger charge is 2.26. The molecule has 1 aliphatic rings. The van der Waals surface area contributed by atoms with Crippen LogP contribution in [0.1, 0.15) is 26.7 Å². The Morgan fingerprint density at radius 3 is 2.77 bits per heavy atom. The molecule has 0 aromatic carbocycles. The van der Waals surface area contributed by atoms with Crippen LogP contribution in [0.4, 0.5) is 0 Å². The number of amides is 1. The Kier molecular flexibility index (Phi) is 3.74. The second-order valence-corrected chi connectivity index (χ2v) is 5.84. The lowest BCUT2D eigenvalue weighted by Gasteiger charge is -2.26. The molecule has 3 nitrogen and oxygen atoms in total. The molecule has 13 heavy (non-hydrogen) atoms. The zero-order valence-electron chi connectivity index (χ0n) is 8.10. The van der Waals surface area contributed by atoms with Gasteiger partial charge in [0.15, 0.2) is 0 Å². The van der Waals surface area contributed by atoms with Crippen LogP contribution >= 0.6 is 15.9 Å². The summed E-state index contributed by atoms with van der Waals surface area (Å²) in [5.74, 6) is 0.0306. The fourth-order valence-electron chi connectivity index (χ4n) is 1.21. The largest absolute Gasteiger partial charge is 0.379 e. The van der Waals surface area contributed by atoms with Crippen molar-refractivity contribution in [2.24, 2.45) is 0 Å². The monoisotopic (exact) mass is 249 g/mol. The van der Waals surface area contributed by atoms with Crippen molar-refractivity contribution in [3.05, 3.63) is 0 Å². The van der Waals surface area contributed by atoms with E-state index in [1.54, 1.807) is 0 Å². The average Bonchev–Trinajstić information content (AvgIpc) is 2.04. The number of halogens is 1. The lowest BCUT2D eigenvalue weighted by molar-refractivity contribution is -0.124. The maximum Gasteiger partial charge on any atom is 0.236 e. The Hall–Kier alpha value is -0.0900. The van der Waals surface area contributed by atoms with Gasteiger partial charge < -0.3 is 10.1 Å². The minimum atomic E-state index is -0.482. The van der Waals surface area contributed by atoms with E-state index < -0.39 is 4.32 Å². The molecule has 1 saturated heterocycles. The Labute approximate surface area is 87.3 Å². The molecule has 1 unspecified atom stereocenters. The molecular weight excluding hydrogens is 234 g/mol. The van der Waals surface area contributed by atoms with Gasteiger partial charge in [-0.1, -0.05) is 15.9 Å². The number of hydrogen-bond donors (Lipinski definition) is 1. The first kappa shape index (κ1) is 11.0. The van der Waals surface area contributed by atoms with E-state index in [-0.39, 0.29) is 11.9 Å². The zero-order chi connectivity index (χ0) is 9.90. The van der Waals surface area contributed by atoms with Gasteiger partial charge in [0, 0.05) is 6.61 Å². The smallest absolute Gasteiger partial charge is 0.236 e. The summed E-state index contributed by atoms with van der Waals surface area (Å²) in [5, 5.41) is 2.95. The molecule has 4 heteroatoms. The van der Waals surface area contributed by atoms with E-state index in [0.717, 1.165) is 19.4 Å². The SMILES string of the molecule is CC(C)(Br)C(=O)NC1CCCOC1. The molecule has 76 valence electrons. The highest BCUT2D eigenvalue weighted by Crippen LogP contribution is 2.16. The molecule has 1 fully saturated rings. The fourth-order valence-corrected chi connectivity index (χ4v) is 1.33. The summed E-state index contributed by atoms with van der Waals surface area (Å²) < 4.78 is 4.78. The van der Waals surface area contributed by atoms with E-state index in [1.807, 2.05) is 13.8 Å². The first-order valence-corrected chi connectivity index (χ1v) is 5.37. The van der Waals surface area contributed by atoms with E-state index in [0.29, 0.717) is 6.61 Å². The second kappa shape index (κ2) is 4.42. The third-order valence-electron chi connectivity index (χ3n) is 2.04. The highest BCUT2D eigenvalue weighted by atomic mass is 79.9. The van der Waals surface area contributed by atoms with Gasteiger partial charge in [-0.2, -0.15) is 0 Å². The van der Waals surface area contributed by atoms with E-state index in [2.05, 4.69) is 21.2 Å². The van der Waals surface area contributed by atoms with Gasteiger partial charge in [0.1, 0.15) is 0 Å². The fraction of sp³-hybridized carbons (Fsp3) is 0.889. The summed E-state index contributed by atoms with van der Waals surface area (Å²) in [5.41, 5.74) is 0. The van der Waals surface area contributed by atoms with Gasteiger partial charge in [-0.05, 0) is 26.7 Å². The molecule has 1 amide bonds. The maximum atomic E-state index is 11.5. The van der Waals surface area contributed by atoms with Crippen LogP contribution < -0.4 is 5.32 Å². The number of hydrogen-bond acceptors (Lipinski definition) is 2. The Morgan fingerprint density at radius 2 is 2.31 bits per heavy atom. The van der Waals surface area contributed by atoms with Gasteiger partial charge in [-0.3, -0.25) is 4.79 Å². The van der Waals surface area contributed by atoms with Crippen molar-refractivity contribution in [1.29, 1.82) is 0 Å². The summed E-state index contributed by atoms with van der Waals surface area (Å²) in [7, 11) is 0. The van der Waals surface area contributed by atoms with Gasteiger partial charge in [-0.15, -0.1) is 0 Å². The van der Waals surface area contributed by atoms with Crippen LogP contribution in [0.25, 0.3) is 0 Å². The number of carbonyl (C=O) groups excluding carboxylic acids is 1. The molecule has 1 atom stereocenters. The second-order valence-electron chi connectivity index (χ2n) is 3.86. The van der Waals surface area contributed by atoms with Gasteiger partial charge >= 0.3 is 0 Å². The van der Waals surface area contributed by atoms with Crippen LogP contribution in [-0.2, 0) is 9.53 Å². The van der Waals surface area contributed by atoms with Crippen LogP contribution in [0.5, 0.6) is 0 Å². The molecule has 0 saturated carbocycles. The Bertz CT molecular complexity index is 183. The molecule has 0 aromatic heterocycles. The normalized spacial score (nSPS) is 24.1. The van der Waals surface area contributed by atoms with E-state index in [9.17, 15) is 4.79 Å². The van der Waals surface area contributed by atoms with Crippen LogP contribution in [0.3, 0.4) is 0 Å². The maximum absolute atomic E-state index is 11.5. The van der Waals surface area contributed by atoms with Crippen LogP contribution in [-0.4, -0.2) is 29.5 Å². The van der Waals surface area contributed by atoms with E-state index in [1.165, 1.54) is 0 Å². The number of carbonyl (C=O) groups is 1. The molecule has 1 aliphatic heterocycles. The quantitative estimate of drug-likeness (QED) is 0.753. The van der Waals surface area contributed by atoms with Gasteiger partial charge in [0.2, 0.25) is 5.91 Å². The van der Waals surface area contributed by atoms with Crippen molar-refractivity contribution in [1.82, 2.24) is 5.32 Å². The molecule has 0 aromatic rings. The van der Waals surface area contributed by atoms with E-state index in [4.69, 9.17) is 4.74 Å². The van der Waals surface area contributed by atoms with Crippen LogP contribution in [0.2, 0.25) is 0 Å². The summed E-state index contributed by atoms with van der Waals surface area (Å²) in [6.07, 6.45) is 2.06. The molecule has 1 rings (SSSR count). The van der Waals surface area contributed by atoms with Crippen LogP contribution in [0, 0.1) is 0 Å². The predicted octanol–water partition coefficient (Wildman–Crippen LogP) is 1.46. The summed E-state index contributed by atoms with van der Waals surface area (Å²) in [6, 6.07) is 0.193. The van der Waals surface area contributed by atoms with Crippen molar-refractivity contribution in [3.8, 4) is 0 Å². The lowest BCUT2D eigenvalue weighted by atomic mass is 10.1. The zero-order valence-corrected chi connectivity index (χ0v) is 9.69. The average molecular weight is 250 g/mol. The minimum absolute atomic E-state index is 0.0306. The molecule has 0 aliphatic carbocycles. The van der Waals surface area contributed by atoms with Crippen molar-refractivity contribution in [3.63, 3.8) is 0 Å². The standard InChI is InChI=1S/C9H16BrNO2/c1-9(2,10)8(12)11-7-4-3-5-13-6-7/h7H,3-6H2,1-2H3,(H,11,12). The van der Waals surface area contributed by atoms with E-state index >= 15 is 0 Å². The Balaban J connectivity index is 2.35. The van der Waals surface area contributed by atoms with Crippen molar-refractivity contribution in [2.45, 2.75) is 37.1 Å². The number of nitrogens with one attached hydrogen (secondary N) is 1. The summed E-state index contributed by atoms with van der Waals surface area (Å²) in [4.78, 5) is 11.5. The molecular formula is C9H16BrNO2. The Morgan fingerprint density at radius 1 is 1.62 bits per heavy atom. The third kappa shape index (κ3) is 3.65. The minimum Gasteiger partial charge on any atom is -0.379 e. The van der Waals surface area contributed by atoms with Gasteiger partial charge in [-0.25, -0.2) is 0 Å². The molecule has 0 radical (unpaired) electrons. The first-order chi connectivity index (χ1) is 6.00. The molecule has 0 bridgehead atoms. The number of rotatable bonds is 2.